The Morgan fingerprint density at radius 3 is 2.75 bits per heavy atom. The van der Waals surface area contributed by atoms with Crippen molar-refractivity contribution in [3.63, 3.8) is 0 Å². The highest BCUT2D eigenvalue weighted by molar-refractivity contribution is 5.62. The number of nitriles is 1. The number of nitrogens with zero attached hydrogens (tertiary/aromatic N) is 2. The van der Waals surface area contributed by atoms with Gasteiger partial charge in [0.15, 0.2) is 0 Å². The van der Waals surface area contributed by atoms with E-state index in [1.165, 1.54) is 0 Å². The molecule has 2 rings (SSSR count). The first kappa shape index (κ1) is 11.0. The van der Waals surface area contributed by atoms with Gasteiger partial charge in [-0.15, -0.1) is 0 Å². The lowest BCUT2D eigenvalue weighted by molar-refractivity contribution is 0.589. The highest BCUT2D eigenvalue weighted by Gasteiger charge is 2.15. The summed E-state index contributed by atoms with van der Waals surface area (Å²) in [6.07, 6.45) is 0.919. The number of benzene rings is 1. The fourth-order valence-corrected chi connectivity index (χ4v) is 2.18. The quantitative estimate of drug-likeness (QED) is 0.813. The fourth-order valence-electron chi connectivity index (χ4n) is 2.18. The van der Waals surface area contributed by atoms with E-state index in [1.807, 2.05) is 6.07 Å². The summed E-state index contributed by atoms with van der Waals surface area (Å²) in [7, 11) is 0. The van der Waals surface area contributed by atoms with Gasteiger partial charge in [-0.25, -0.2) is 0 Å². The maximum Gasteiger partial charge on any atom is 0.102 e. The second kappa shape index (κ2) is 5.00. The molecule has 1 fully saturated rings. The van der Waals surface area contributed by atoms with Crippen LogP contribution in [0.25, 0.3) is 0 Å². The van der Waals surface area contributed by atoms with Crippen molar-refractivity contribution in [2.24, 2.45) is 0 Å². The van der Waals surface area contributed by atoms with Gasteiger partial charge in [0.1, 0.15) is 6.07 Å². The molecule has 0 aromatic heterocycles. The standard InChI is InChI=1S/C13H17N3/c1-2-11-4-3-5-13(12(11)10-14)16-8-6-15-7-9-16/h3-5,15H,2,6-9H2,1H3. The Bertz CT molecular complexity index is 400. The molecule has 0 unspecified atom stereocenters. The van der Waals surface area contributed by atoms with Gasteiger partial charge < -0.3 is 10.2 Å². The smallest absolute Gasteiger partial charge is 0.102 e. The average Bonchev–Trinajstić information content (AvgIpc) is 2.38. The monoisotopic (exact) mass is 215 g/mol. The molecule has 1 aromatic rings. The van der Waals surface area contributed by atoms with Crippen LogP contribution in [0.1, 0.15) is 18.1 Å². The second-order valence-corrected chi connectivity index (χ2v) is 4.01. The largest absolute Gasteiger partial charge is 0.368 e. The van der Waals surface area contributed by atoms with E-state index >= 15 is 0 Å². The van der Waals surface area contributed by atoms with Crippen LogP contribution in [-0.4, -0.2) is 26.2 Å². The van der Waals surface area contributed by atoms with Crippen LogP contribution < -0.4 is 10.2 Å². The van der Waals surface area contributed by atoms with Crippen LogP contribution >= 0.6 is 0 Å². The lowest BCUT2D eigenvalue weighted by Gasteiger charge is -2.30. The van der Waals surface area contributed by atoms with Crippen molar-refractivity contribution in [3.05, 3.63) is 29.3 Å². The summed E-state index contributed by atoms with van der Waals surface area (Å²) in [4.78, 5) is 2.30. The zero-order valence-corrected chi connectivity index (χ0v) is 9.66. The summed E-state index contributed by atoms with van der Waals surface area (Å²) in [5.41, 5.74) is 3.11. The third kappa shape index (κ3) is 2.02. The van der Waals surface area contributed by atoms with Crippen molar-refractivity contribution in [1.82, 2.24) is 5.32 Å². The Hall–Kier alpha value is -1.53. The van der Waals surface area contributed by atoms with Gasteiger partial charge in [0, 0.05) is 26.2 Å². The molecule has 16 heavy (non-hydrogen) atoms. The molecule has 0 amide bonds. The number of hydrogen-bond acceptors (Lipinski definition) is 3. The summed E-state index contributed by atoms with van der Waals surface area (Å²) in [6.45, 7) is 6.07. The fraction of sp³-hybridized carbons (Fsp3) is 0.462. The Kier molecular flexibility index (Phi) is 3.43. The molecule has 1 aromatic carbocycles. The number of aryl methyl sites for hydroxylation is 1. The zero-order chi connectivity index (χ0) is 11.4. The van der Waals surface area contributed by atoms with E-state index in [0.29, 0.717) is 0 Å². The van der Waals surface area contributed by atoms with Gasteiger partial charge in [0.25, 0.3) is 0 Å². The molecule has 0 bridgehead atoms. The summed E-state index contributed by atoms with van der Waals surface area (Å²) >= 11 is 0. The van der Waals surface area contributed by atoms with Crippen molar-refractivity contribution in [2.45, 2.75) is 13.3 Å². The summed E-state index contributed by atoms with van der Waals surface area (Å²) in [5, 5.41) is 12.6. The molecule has 3 nitrogen and oxygen atoms in total. The minimum absolute atomic E-state index is 0.854. The van der Waals surface area contributed by atoms with Crippen LogP contribution in [0, 0.1) is 11.3 Å². The normalized spacial score (nSPS) is 15.9. The molecule has 0 saturated carbocycles. The summed E-state index contributed by atoms with van der Waals surface area (Å²) < 4.78 is 0. The SMILES string of the molecule is CCc1cccc(N2CCNCC2)c1C#N. The molecule has 0 aliphatic carbocycles. The maximum atomic E-state index is 9.27. The topological polar surface area (TPSA) is 39.1 Å². The summed E-state index contributed by atoms with van der Waals surface area (Å²) in [5.74, 6) is 0. The van der Waals surface area contributed by atoms with Crippen LogP contribution in [0.15, 0.2) is 18.2 Å². The van der Waals surface area contributed by atoms with Crippen LogP contribution in [0.5, 0.6) is 0 Å². The van der Waals surface area contributed by atoms with Crippen molar-refractivity contribution in [3.8, 4) is 6.07 Å². The number of nitrogens with one attached hydrogen (secondary N) is 1. The van der Waals surface area contributed by atoms with Gasteiger partial charge in [-0.05, 0) is 18.1 Å². The predicted octanol–water partition coefficient (Wildman–Crippen LogP) is 1.53. The van der Waals surface area contributed by atoms with Gasteiger partial charge in [0.05, 0.1) is 11.3 Å². The Morgan fingerprint density at radius 1 is 1.38 bits per heavy atom. The molecule has 0 atom stereocenters. The minimum Gasteiger partial charge on any atom is -0.368 e. The van der Waals surface area contributed by atoms with Crippen molar-refractivity contribution >= 4 is 5.69 Å². The molecule has 3 heteroatoms. The van der Waals surface area contributed by atoms with Crippen molar-refractivity contribution in [2.75, 3.05) is 31.1 Å². The average molecular weight is 215 g/mol. The number of rotatable bonds is 2. The molecular weight excluding hydrogens is 198 g/mol. The highest BCUT2D eigenvalue weighted by atomic mass is 15.2. The number of anilines is 1. The first-order chi connectivity index (χ1) is 7.86. The maximum absolute atomic E-state index is 9.27. The first-order valence-corrected chi connectivity index (χ1v) is 5.84. The molecule has 1 aliphatic heterocycles. The van der Waals surface area contributed by atoms with E-state index in [9.17, 15) is 5.26 Å². The van der Waals surface area contributed by atoms with Crippen LogP contribution in [0.3, 0.4) is 0 Å². The first-order valence-electron chi connectivity index (χ1n) is 5.84. The minimum atomic E-state index is 0.854. The predicted molar refractivity (Wildman–Crippen MR) is 65.6 cm³/mol. The molecule has 1 N–H and O–H groups in total. The molecule has 0 radical (unpaired) electrons. The Balaban J connectivity index is 2.35. The number of hydrogen-bond donors (Lipinski definition) is 1. The molecular formula is C13H17N3. The van der Waals surface area contributed by atoms with Gasteiger partial charge in [0.2, 0.25) is 0 Å². The Labute approximate surface area is 96.7 Å². The second-order valence-electron chi connectivity index (χ2n) is 4.01. The molecule has 1 saturated heterocycles. The van der Waals surface area contributed by atoms with Crippen LogP contribution in [-0.2, 0) is 6.42 Å². The Morgan fingerprint density at radius 2 is 2.12 bits per heavy atom. The van der Waals surface area contributed by atoms with E-state index < -0.39 is 0 Å². The van der Waals surface area contributed by atoms with E-state index in [2.05, 4.69) is 35.3 Å². The van der Waals surface area contributed by atoms with Crippen LogP contribution in [0.2, 0.25) is 0 Å². The van der Waals surface area contributed by atoms with Crippen molar-refractivity contribution in [1.29, 1.82) is 5.26 Å². The molecule has 1 heterocycles. The van der Waals surface area contributed by atoms with Gasteiger partial charge in [-0.2, -0.15) is 5.26 Å². The van der Waals surface area contributed by atoms with Gasteiger partial charge >= 0.3 is 0 Å². The van der Waals surface area contributed by atoms with Gasteiger partial charge in [-0.3, -0.25) is 0 Å². The van der Waals surface area contributed by atoms with E-state index in [0.717, 1.165) is 49.4 Å². The van der Waals surface area contributed by atoms with Crippen LogP contribution in [0.4, 0.5) is 5.69 Å². The zero-order valence-electron chi connectivity index (χ0n) is 9.66. The highest BCUT2D eigenvalue weighted by Crippen LogP contribution is 2.23. The lowest BCUT2D eigenvalue weighted by Crippen LogP contribution is -2.43. The number of piperazine rings is 1. The van der Waals surface area contributed by atoms with E-state index in [-0.39, 0.29) is 0 Å². The lowest BCUT2D eigenvalue weighted by atomic mass is 10.0. The molecule has 84 valence electrons. The molecule has 0 spiro atoms. The third-order valence-electron chi connectivity index (χ3n) is 3.08. The third-order valence-corrected chi connectivity index (χ3v) is 3.08. The van der Waals surface area contributed by atoms with E-state index in [1.54, 1.807) is 0 Å². The van der Waals surface area contributed by atoms with Crippen molar-refractivity contribution < 1.29 is 0 Å². The van der Waals surface area contributed by atoms with Gasteiger partial charge in [-0.1, -0.05) is 19.1 Å². The summed E-state index contributed by atoms with van der Waals surface area (Å²) in [6, 6.07) is 8.51. The molecule has 1 aliphatic rings. The van der Waals surface area contributed by atoms with E-state index in [4.69, 9.17) is 0 Å².